The summed E-state index contributed by atoms with van der Waals surface area (Å²) in [6.45, 7) is 4.05. The number of ether oxygens (including phenoxy) is 1. The van der Waals surface area contributed by atoms with Crippen LogP contribution in [0.2, 0.25) is 0 Å². The lowest BCUT2D eigenvalue weighted by atomic mass is 10.2. The Morgan fingerprint density at radius 3 is 2.50 bits per heavy atom. The van der Waals surface area contributed by atoms with Crippen molar-refractivity contribution in [3.05, 3.63) is 77.2 Å². The molecule has 6 nitrogen and oxygen atoms in total. The molecule has 142 valence electrons. The molecule has 1 aliphatic heterocycles. The zero-order valence-corrected chi connectivity index (χ0v) is 16.0. The summed E-state index contributed by atoms with van der Waals surface area (Å²) in [5.41, 5.74) is 1.65. The molecule has 1 fully saturated rings. The topological polar surface area (TPSA) is 79.2 Å². The van der Waals surface area contributed by atoms with Gasteiger partial charge in [0, 0.05) is 7.05 Å². The van der Waals surface area contributed by atoms with Gasteiger partial charge in [0.2, 0.25) is 0 Å². The summed E-state index contributed by atoms with van der Waals surface area (Å²) in [6.07, 6.45) is 3.48. The molecule has 28 heavy (non-hydrogen) atoms. The minimum atomic E-state index is -0.993. The van der Waals surface area contributed by atoms with Gasteiger partial charge < -0.3 is 9.84 Å². The number of carboxylic acids is 1. The SMILES string of the molecule is C=CCOc1ccc(C=C2SC(=Nc3ccc(C(=O)O)cc3)N(C)C2=O)cc1. The van der Waals surface area contributed by atoms with Crippen LogP contribution in [0.3, 0.4) is 0 Å². The molecule has 1 aliphatic rings. The van der Waals surface area contributed by atoms with E-state index in [0.717, 1.165) is 11.3 Å². The monoisotopic (exact) mass is 394 g/mol. The number of hydrogen-bond donors (Lipinski definition) is 1. The lowest BCUT2D eigenvalue weighted by Crippen LogP contribution is -2.23. The number of amides is 1. The highest BCUT2D eigenvalue weighted by molar-refractivity contribution is 8.18. The smallest absolute Gasteiger partial charge is 0.335 e. The fourth-order valence-corrected chi connectivity index (χ4v) is 3.39. The van der Waals surface area contributed by atoms with E-state index in [1.165, 1.54) is 28.8 Å². The van der Waals surface area contributed by atoms with Crippen LogP contribution in [-0.4, -0.2) is 40.7 Å². The Kier molecular flexibility index (Phi) is 5.96. The number of amidine groups is 1. The van der Waals surface area contributed by atoms with Crippen molar-refractivity contribution in [1.82, 2.24) is 4.90 Å². The van der Waals surface area contributed by atoms with Gasteiger partial charge in [-0.25, -0.2) is 9.79 Å². The van der Waals surface area contributed by atoms with Gasteiger partial charge in [0.05, 0.1) is 16.2 Å². The predicted octanol–water partition coefficient (Wildman–Crippen LogP) is 4.18. The van der Waals surface area contributed by atoms with Gasteiger partial charge in [-0.05, 0) is 59.8 Å². The van der Waals surface area contributed by atoms with Crippen molar-refractivity contribution in [2.45, 2.75) is 0 Å². The van der Waals surface area contributed by atoms with E-state index >= 15 is 0 Å². The maximum atomic E-state index is 12.5. The van der Waals surface area contributed by atoms with Crippen LogP contribution >= 0.6 is 11.8 Å². The maximum Gasteiger partial charge on any atom is 0.335 e. The van der Waals surface area contributed by atoms with Gasteiger partial charge in [0.25, 0.3) is 5.91 Å². The van der Waals surface area contributed by atoms with E-state index in [0.29, 0.717) is 22.4 Å². The highest BCUT2D eigenvalue weighted by Gasteiger charge is 2.30. The molecule has 2 aromatic rings. The first-order valence-electron chi connectivity index (χ1n) is 8.41. The number of nitrogens with zero attached hydrogens (tertiary/aromatic N) is 2. The average molecular weight is 394 g/mol. The second-order valence-electron chi connectivity index (χ2n) is 5.89. The number of carboxylic acid groups (broad SMARTS) is 1. The van der Waals surface area contributed by atoms with Gasteiger partial charge in [-0.1, -0.05) is 24.8 Å². The third-order valence-corrected chi connectivity index (χ3v) is 4.95. The average Bonchev–Trinajstić information content (AvgIpc) is 2.95. The molecule has 0 aromatic heterocycles. The first-order chi connectivity index (χ1) is 13.5. The van der Waals surface area contributed by atoms with Gasteiger partial charge in [0.1, 0.15) is 12.4 Å². The van der Waals surface area contributed by atoms with Crippen LogP contribution in [0, 0.1) is 0 Å². The lowest BCUT2D eigenvalue weighted by Gasteiger charge is -2.07. The molecular formula is C21H18N2O4S. The van der Waals surface area contributed by atoms with E-state index in [9.17, 15) is 9.59 Å². The van der Waals surface area contributed by atoms with E-state index in [-0.39, 0.29) is 11.5 Å². The van der Waals surface area contributed by atoms with Crippen molar-refractivity contribution < 1.29 is 19.4 Å². The fraction of sp³-hybridized carbons (Fsp3) is 0.0952. The number of thioether (sulfide) groups is 1. The summed E-state index contributed by atoms with van der Waals surface area (Å²) in [4.78, 5) is 29.9. The molecule has 0 aliphatic carbocycles. The van der Waals surface area contributed by atoms with Crippen LogP contribution in [0.25, 0.3) is 6.08 Å². The number of aliphatic imine (C=N–C) groups is 1. The number of likely N-dealkylation sites (N-methyl/N-ethyl adjacent to an activating group) is 1. The van der Waals surface area contributed by atoms with E-state index in [2.05, 4.69) is 11.6 Å². The molecule has 1 saturated heterocycles. The van der Waals surface area contributed by atoms with Crippen LogP contribution in [-0.2, 0) is 4.79 Å². The van der Waals surface area contributed by atoms with Crippen molar-refractivity contribution in [3.8, 4) is 5.75 Å². The third kappa shape index (κ3) is 4.50. The van der Waals surface area contributed by atoms with Crippen molar-refractivity contribution in [2.24, 2.45) is 4.99 Å². The quantitative estimate of drug-likeness (QED) is 0.587. The normalized spacial score (nSPS) is 16.6. The minimum Gasteiger partial charge on any atom is -0.490 e. The highest BCUT2D eigenvalue weighted by atomic mass is 32.2. The maximum absolute atomic E-state index is 12.5. The molecular weight excluding hydrogens is 376 g/mol. The van der Waals surface area contributed by atoms with Crippen LogP contribution in [0.1, 0.15) is 15.9 Å². The van der Waals surface area contributed by atoms with Gasteiger partial charge in [-0.3, -0.25) is 9.69 Å². The summed E-state index contributed by atoms with van der Waals surface area (Å²) in [6, 6.07) is 13.6. The molecule has 7 heteroatoms. The standard InChI is InChI=1S/C21H18N2O4S/c1-3-12-27-17-10-4-14(5-11-17)13-18-19(24)23(2)21(28-18)22-16-8-6-15(7-9-16)20(25)26/h3-11,13H,1,12H2,2H3,(H,25,26). The number of carbonyl (C=O) groups excluding carboxylic acids is 1. The number of benzene rings is 2. The molecule has 0 bridgehead atoms. The second-order valence-corrected chi connectivity index (χ2v) is 6.90. The minimum absolute atomic E-state index is 0.141. The van der Waals surface area contributed by atoms with Gasteiger partial charge in [0.15, 0.2) is 5.17 Å². The van der Waals surface area contributed by atoms with Crippen molar-refractivity contribution >= 4 is 40.6 Å². The second kappa shape index (κ2) is 8.58. The summed E-state index contributed by atoms with van der Waals surface area (Å²) in [7, 11) is 1.66. The molecule has 0 atom stereocenters. The van der Waals surface area contributed by atoms with Crippen LogP contribution in [0.5, 0.6) is 5.75 Å². The number of carbonyl (C=O) groups is 2. The molecule has 1 N–H and O–H groups in total. The fourth-order valence-electron chi connectivity index (χ4n) is 2.41. The zero-order valence-electron chi connectivity index (χ0n) is 15.2. The molecule has 2 aromatic carbocycles. The number of aromatic carboxylic acids is 1. The van der Waals surface area contributed by atoms with E-state index < -0.39 is 5.97 Å². The molecule has 1 heterocycles. The Morgan fingerprint density at radius 1 is 1.21 bits per heavy atom. The van der Waals surface area contributed by atoms with Crippen molar-refractivity contribution in [1.29, 1.82) is 0 Å². The van der Waals surface area contributed by atoms with Crippen LogP contribution in [0.15, 0.2) is 71.1 Å². The molecule has 0 unspecified atom stereocenters. The summed E-state index contributed by atoms with van der Waals surface area (Å²) < 4.78 is 5.45. The van der Waals surface area contributed by atoms with Crippen LogP contribution in [0.4, 0.5) is 5.69 Å². The summed E-state index contributed by atoms with van der Waals surface area (Å²) in [5, 5.41) is 9.49. The highest BCUT2D eigenvalue weighted by Crippen LogP contribution is 2.33. The Bertz CT molecular complexity index is 963. The summed E-state index contributed by atoms with van der Waals surface area (Å²) in [5.74, 6) is -0.401. The summed E-state index contributed by atoms with van der Waals surface area (Å²) >= 11 is 1.27. The first-order valence-corrected chi connectivity index (χ1v) is 9.23. The first kappa shape index (κ1) is 19.4. The van der Waals surface area contributed by atoms with Gasteiger partial charge >= 0.3 is 5.97 Å². The number of rotatable bonds is 6. The van der Waals surface area contributed by atoms with E-state index in [4.69, 9.17) is 9.84 Å². The Morgan fingerprint density at radius 2 is 1.89 bits per heavy atom. The van der Waals surface area contributed by atoms with Crippen molar-refractivity contribution in [2.75, 3.05) is 13.7 Å². The van der Waals surface area contributed by atoms with E-state index in [1.54, 1.807) is 31.3 Å². The molecule has 0 radical (unpaired) electrons. The Hall–Kier alpha value is -3.32. The van der Waals surface area contributed by atoms with Gasteiger partial charge in [-0.15, -0.1) is 0 Å². The molecule has 1 amide bonds. The lowest BCUT2D eigenvalue weighted by molar-refractivity contribution is -0.121. The molecule has 0 spiro atoms. The van der Waals surface area contributed by atoms with Crippen LogP contribution < -0.4 is 4.74 Å². The van der Waals surface area contributed by atoms with Gasteiger partial charge in [-0.2, -0.15) is 0 Å². The number of hydrogen-bond acceptors (Lipinski definition) is 5. The Labute approximate surface area is 166 Å². The van der Waals surface area contributed by atoms with E-state index in [1.807, 2.05) is 24.3 Å². The third-order valence-electron chi connectivity index (χ3n) is 3.89. The Balaban J connectivity index is 1.77. The largest absolute Gasteiger partial charge is 0.490 e. The molecule has 3 rings (SSSR count). The molecule has 0 saturated carbocycles. The van der Waals surface area contributed by atoms with Crippen molar-refractivity contribution in [3.63, 3.8) is 0 Å². The predicted molar refractivity (Wildman–Crippen MR) is 111 cm³/mol. The zero-order chi connectivity index (χ0) is 20.1.